The lowest BCUT2D eigenvalue weighted by molar-refractivity contribution is -0.127. The second kappa shape index (κ2) is 3.22. The molecule has 9 heavy (non-hydrogen) atoms. The van der Waals surface area contributed by atoms with Crippen LogP contribution in [0.5, 0.6) is 0 Å². The molecule has 3 nitrogen and oxygen atoms in total. The van der Waals surface area contributed by atoms with Gasteiger partial charge >= 0.3 is 0 Å². The smallest absolute Gasteiger partial charge is 0.239 e. The van der Waals surface area contributed by atoms with Crippen molar-refractivity contribution in [1.29, 1.82) is 0 Å². The zero-order valence-electron chi connectivity index (χ0n) is 6.30. The van der Waals surface area contributed by atoms with Gasteiger partial charge in [0.15, 0.2) is 0 Å². The molecule has 0 rings (SSSR count). The Hall–Kier alpha value is -0.860. The first-order valence-electron chi connectivity index (χ1n) is 2.80. The van der Waals surface area contributed by atoms with Crippen LogP contribution in [0.4, 0.5) is 0 Å². The van der Waals surface area contributed by atoms with E-state index in [4.69, 9.17) is 0 Å². The van der Waals surface area contributed by atoms with Gasteiger partial charge in [-0.3, -0.25) is 4.79 Å². The van der Waals surface area contributed by atoms with Crippen molar-refractivity contribution in [1.82, 2.24) is 5.01 Å². The van der Waals surface area contributed by atoms with Gasteiger partial charge in [-0.1, -0.05) is 0 Å². The molecule has 0 fully saturated rings. The first kappa shape index (κ1) is 8.14. The van der Waals surface area contributed by atoms with Gasteiger partial charge in [0.1, 0.15) is 0 Å². The van der Waals surface area contributed by atoms with Crippen molar-refractivity contribution in [2.24, 2.45) is 5.10 Å². The number of amides is 1. The van der Waals surface area contributed by atoms with Crippen molar-refractivity contribution in [3.8, 4) is 0 Å². The van der Waals surface area contributed by atoms with E-state index in [0.29, 0.717) is 0 Å². The third-order valence-electron chi connectivity index (χ3n) is 0.806. The lowest BCUT2D eigenvalue weighted by Crippen LogP contribution is -2.18. The maximum atomic E-state index is 10.5. The maximum Gasteiger partial charge on any atom is 0.239 e. The van der Waals surface area contributed by atoms with E-state index < -0.39 is 0 Å². The van der Waals surface area contributed by atoms with Gasteiger partial charge in [-0.2, -0.15) is 5.10 Å². The molecular weight excluding hydrogens is 116 g/mol. The van der Waals surface area contributed by atoms with Gasteiger partial charge in [0, 0.05) is 19.7 Å². The molecule has 0 aromatic heterocycles. The standard InChI is InChI=1S/C6H12N2O/c1-5(2)7-8(4)6(3)9/h1-4H3. The molecule has 0 unspecified atom stereocenters. The molecule has 0 aliphatic carbocycles. The predicted octanol–water partition coefficient (Wildman–Crippen LogP) is 0.861. The summed E-state index contributed by atoms with van der Waals surface area (Å²) in [5, 5.41) is 5.19. The fourth-order valence-corrected chi connectivity index (χ4v) is 0.370. The quantitative estimate of drug-likeness (QED) is 0.381. The number of hydrogen-bond donors (Lipinski definition) is 0. The average Bonchev–Trinajstić information content (AvgIpc) is 1.63. The molecule has 0 saturated heterocycles. The zero-order chi connectivity index (χ0) is 7.44. The van der Waals surface area contributed by atoms with Crippen LogP contribution in [0.3, 0.4) is 0 Å². The van der Waals surface area contributed by atoms with Gasteiger partial charge < -0.3 is 0 Å². The topological polar surface area (TPSA) is 32.7 Å². The molecule has 0 saturated carbocycles. The lowest BCUT2D eigenvalue weighted by atomic mass is 10.5. The number of carbonyl (C=O) groups is 1. The highest BCUT2D eigenvalue weighted by Gasteiger charge is 1.95. The van der Waals surface area contributed by atoms with Crippen LogP contribution in [0.25, 0.3) is 0 Å². The molecule has 0 aromatic carbocycles. The van der Waals surface area contributed by atoms with Crippen LogP contribution in [-0.4, -0.2) is 23.7 Å². The number of hydrazone groups is 1. The monoisotopic (exact) mass is 128 g/mol. The Balaban J connectivity index is 3.91. The number of nitrogens with zero attached hydrogens (tertiary/aromatic N) is 2. The number of carbonyl (C=O) groups excluding carboxylic acids is 1. The molecule has 0 spiro atoms. The Kier molecular flexibility index (Phi) is 2.91. The van der Waals surface area contributed by atoms with Crippen LogP contribution in [0, 0.1) is 0 Å². The molecule has 0 aliphatic rings. The first-order valence-corrected chi connectivity index (χ1v) is 2.80. The first-order chi connectivity index (χ1) is 4.04. The Morgan fingerprint density at radius 3 is 1.89 bits per heavy atom. The second-order valence-electron chi connectivity index (χ2n) is 2.09. The fraction of sp³-hybridized carbons (Fsp3) is 0.667. The van der Waals surface area contributed by atoms with Crippen LogP contribution in [-0.2, 0) is 4.79 Å². The van der Waals surface area contributed by atoms with Gasteiger partial charge in [-0.15, -0.1) is 0 Å². The Labute approximate surface area is 55.4 Å². The second-order valence-corrected chi connectivity index (χ2v) is 2.09. The van der Waals surface area contributed by atoms with Gasteiger partial charge in [-0.25, -0.2) is 5.01 Å². The SMILES string of the molecule is CC(=O)N(C)N=C(C)C. The highest BCUT2D eigenvalue weighted by atomic mass is 16.2. The van der Waals surface area contributed by atoms with E-state index in [9.17, 15) is 4.79 Å². The van der Waals surface area contributed by atoms with E-state index in [1.807, 2.05) is 13.8 Å². The Morgan fingerprint density at radius 1 is 1.33 bits per heavy atom. The molecular formula is C6H12N2O. The minimum absolute atomic E-state index is 0.0452. The molecule has 0 bridgehead atoms. The van der Waals surface area contributed by atoms with Crippen molar-refractivity contribution >= 4 is 11.6 Å². The predicted molar refractivity (Wildman–Crippen MR) is 37.2 cm³/mol. The maximum absolute atomic E-state index is 10.5. The molecule has 0 heterocycles. The van der Waals surface area contributed by atoms with Crippen LogP contribution >= 0.6 is 0 Å². The minimum Gasteiger partial charge on any atom is -0.273 e. The number of hydrogen-bond acceptors (Lipinski definition) is 2. The van der Waals surface area contributed by atoms with Crippen molar-refractivity contribution in [3.63, 3.8) is 0 Å². The zero-order valence-corrected chi connectivity index (χ0v) is 6.30. The van der Waals surface area contributed by atoms with Crippen LogP contribution in [0.1, 0.15) is 20.8 Å². The van der Waals surface area contributed by atoms with E-state index in [1.54, 1.807) is 7.05 Å². The number of rotatable bonds is 1. The molecule has 0 aliphatic heterocycles. The molecule has 0 N–H and O–H groups in total. The van der Waals surface area contributed by atoms with E-state index in [0.717, 1.165) is 5.71 Å². The van der Waals surface area contributed by atoms with E-state index in [1.165, 1.54) is 11.9 Å². The van der Waals surface area contributed by atoms with Gasteiger partial charge in [0.05, 0.1) is 0 Å². The summed E-state index contributed by atoms with van der Waals surface area (Å²) in [5.74, 6) is -0.0452. The summed E-state index contributed by atoms with van der Waals surface area (Å²) in [6.07, 6.45) is 0. The third-order valence-corrected chi connectivity index (χ3v) is 0.806. The molecule has 0 aromatic rings. The summed E-state index contributed by atoms with van der Waals surface area (Å²) >= 11 is 0. The van der Waals surface area contributed by atoms with Crippen LogP contribution < -0.4 is 0 Å². The fourth-order valence-electron chi connectivity index (χ4n) is 0.370. The van der Waals surface area contributed by atoms with Crippen molar-refractivity contribution in [2.75, 3.05) is 7.05 Å². The average molecular weight is 128 g/mol. The molecule has 1 amide bonds. The summed E-state index contributed by atoms with van der Waals surface area (Å²) < 4.78 is 0. The van der Waals surface area contributed by atoms with Gasteiger partial charge in [-0.05, 0) is 13.8 Å². The van der Waals surface area contributed by atoms with Crippen LogP contribution in [0.15, 0.2) is 5.10 Å². The lowest BCUT2D eigenvalue weighted by Gasteiger charge is -2.06. The molecule has 52 valence electrons. The highest BCUT2D eigenvalue weighted by Crippen LogP contribution is 1.85. The molecule has 3 heteroatoms. The van der Waals surface area contributed by atoms with E-state index in [2.05, 4.69) is 5.10 Å². The molecule has 0 atom stereocenters. The normalized spacial score (nSPS) is 8.44. The summed E-state index contributed by atoms with van der Waals surface area (Å²) in [6, 6.07) is 0. The van der Waals surface area contributed by atoms with E-state index >= 15 is 0 Å². The summed E-state index contributed by atoms with van der Waals surface area (Å²) in [6.45, 7) is 5.17. The summed E-state index contributed by atoms with van der Waals surface area (Å²) in [4.78, 5) is 10.5. The minimum atomic E-state index is -0.0452. The largest absolute Gasteiger partial charge is 0.273 e. The van der Waals surface area contributed by atoms with Gasteiger partial charge in [0.2, 0.25) is 5.91 Å². The van der Waals surface area contributed by atoms with Crippen LogP contribution in [0.2, 0.25) is 0 Å². The van der Waals surface area contributed by atoms with Crippen molar-refractivity contribution in [2.45, 2.75) is 20.8 Å². The van der Waals surface area contributed by atoms with Crippen molar-refractivity contribution in [3.05, 3.63) is 0 Å². The van der Waals surface area contributed by atoms with E-state index in [-0.39, 0.29) is 5.91 Å². The highest BCUT2D eigenvalue weighted by molar-refractivity contribution is 5.81. The van der Waals surface area contributed by atoms with Crippen molar-refractivity contribution < 1.29 is 4.79 Å². The third kappa shape index (κ3) is 3.70. The molecule has 0 radical (unpaired) electrons. The van der Waals surface area contributed by atoms with Gasteiger partial charge in [0.25, 0.3) is 0 Å². The Morgan fingerprint density at radius 2 is 1.78 bits per heavy atom. The summed E-state index contributed by atoms with van der Waals surface area (Å²) in [7, 11) is 1.63. The summed E-state index contributed by atoms with van der Waals surface area (Å²) in [5.41, 5.74) is 0.882. The Bertz CT molecular complexity index is 136.